The molecule has 0 fully saturated rings. The van der Waals surface area contributed by atoms with Crippen molar-refractivity contribution >= 4 is 40.8 Å². The molecular weight excluding hydrogens is 473 g/mol. The molecule has 1 aromatic heterocycles. The van der Waals surface area contributed by atoms with Crippen LogP contribution >= 0.6 is 24.0 Å². The Morgan fingerprint density at radius 2 is 1.90 bits per heavy atom. The van der Waals surface area contributed by atoms with Gasteiger partial charge < -0.3 is 15.5 Å². The van der Waals surface area contributed by atoms with Gasteiger partial charge in [0.25, 0.3) is 0 Å². The number of nitrogens with zero attached hydrogens (tertiary/aromatic N) is 3. The highest BCUT2D eigenvalue weighted by atomic mass is 127. The van der Waals surface area contributed by atoms with Gasteiger partial charge in [0.2, 0.25) is 0 Å². The summed E-state index contributed by atoms with van der Waals surface area (Å²) in [6.07, 6.45) is 5.10. The van der Waals surface area contributed by atoms with E-state index in [1.165, 1.54) is 23.9 Å². The Bertz CT molecular complexity index is 725. The van der Waals surface area contributed by atoms with Crippen LogP contribution < -0.4 is 10.6 Å². The zero-order valence-corrected chi connectivity index (χ0v) is 20.8. The maximum absolute atomic E-state index is 4.79. The number of hydrogen-bond acceptors (Lipinski definition) is 3. The lowest BCUT2D eigenvalue weighted by atomic mass is 10.1. The topological polar surface area (TPSA) is 52.6 Å². The standard InChI is InChI=1S/C23H37N5.HI/c1-5-24-23(27-19(4)11-10-18-28(6-2)7-3)26-17-15-21-13-8-12-20-14-9-16-25-22(20)21;/h8-9,12-14,16,19H,5-7,10-11,15,17-18H2,1-4H3,(H2,24,26,27);1H. The van der Waals surface area contributed by atoms with Crippen LogP contribution in [0.4, 0.5) is 0 Å². The Morgan fingerprint density at radius 1 is 1.14 bits per heavy atom. The maximum atomic E-state index is 4.79. The van der Waals surface area contributed by atoms with Gasteiger partial charge in [0.05, 0.1) is 5.52 Å². The molecule has 0 aliphatic carbocycles. The van der Waals surface area contributed by atoms with Crippen LogP contribution in [0, 0.1) is 0 Å². The summed E-state index contributed by atoms with van der Waals surface area (Å²) < 4.78 is 0. The van der Waals surface area contributed by atoms with Crippen molar-refractivity contribution < 1.29 is 0 Å². The molecule has 0 saturated carbocycles. The number of fused-ring (bicyclic) bond motifs is 1. The third-order valence-electron chi connectivity index (χ3n) is 5.10. The first kappa shape index (κ1) is 25.6. The Hall–Kier alpha value is -1.41. The van der Waals surface area contributed by atoms with E-state index in [-0.39, 0.29) is 24.0 Å². The fourth-order valence-electron chi connectivity index (χ4n) is 3.44. The van der Waals surface area contributed by atoms with Crippen molar-refractivity contribution in [2.45, 2.75) is 53.0 Å². The molecule has 1 unspecified atom stereocenters. The van der Waals surface area contributed by atoms with E-state index >= 15 is 0 Å². The third-order valence-corrected chi connectivity index (χ3v) is 5.10. The van der Waals surface area contributed by atoms with Gasteiger partial charge in [-0.15, -0.1) is 24.0 Å². The summed E-state index contributed by atoms with van der Waals surface area (Å²) >= 11 is 0. The summed E-state index contributed by atoms with van der Waals surface area (Å²) in [6.45, 7) is 13.8. The van der Waals surface area contributed by atoms with Crippen LogP contribution in [0.1, 0.15) is 46.1 Å². The molecule has 1 atom stereocenters. The number of pyridine rings is 1. The monoisotopic (exact) mass is 511 g/mol. The zero-order valence-electron chi connectivity index (χ0n) is 18.4. The average molecular weight is 511 g/mol. The van der Waals surface area contributed by atoms with E-state index < -0.39 is 0 Å². The molecule has 0 radical (unpaired) electrons. The van der Waals surface area contributed by atoms with E-state index in [0.717, 1.165) is 50.5 Å². The molecule has 0 aliphatic heterocycles. The molecule has 2 rings (SSSR count). The second kappa shape index (κ2) is 14.6. The Labute approximate surface area is 193 Å². The number of nitrogens with one attached hydrogen (secondary N) is 2. The molecule has 0 spiro atoms. The minimum atomic E-state index is 0. The van der Waals surface area contributed by atoms with E-state index in [1.54, 1.807) is 0 Å². The van der Waals surface area contributed by atoms with Gasteiger partial charge >= 0.3 is 0 Å². The summed E-state index contributed by atoms with van der Waals surface area (Å²) in [4.78, 5) is 11.8. The highest BCUT2D eigenvalue weighted by molar-refractivity contribution is 14.0. The van der Waals surface area contributed by atoms with Gasteiger partial charge in [-0.3, -0.25) is 9.98 Å². The number of rotatable bonds is 11. The van der Waals surface area contributed by atoms with Crippen molar-refractivity contribution in [1.82, 2.24) is 20.5 Å². The first-order chi connectivity index (χ1) is 13.7. The first-order valence-corrected chi connectivity index (χ1v) is 10.8. The van der Waals surface area contributed by atoms with E-state index in [0.29, 0.717) is 6.04 Å². The fourth-order valence-corrected chi connectivity index (χ4v) is 3.44. The van der Waals surface area contributed by atoms with Crippen LogP contribution in [-0.4, -0.2) is 54.6 Å². The lowest BCUT2D eigenvalue weighted by molar-refractivity contribution is 0.292. The number of aromatic nitrogens is 1. The van der Waals surface area contributed by atoms with Crippen molar-refractivity contribution in [3.05, 3.63) is 42.1 Å². The SMILES string of the molecule is CCNC(=NCCc1cccc2cccnc12)NC(C)CCCN(CC)CC.I. The van der Waals surface area contributed by atoms with Crippen LogP contribution in [0.3, 0.4) is 0 Å². The van der Waals surface area contributed by atoms with Crippen LogP contribution in [0.2, 0.25) is 0 Å². The predicted molar refractivity (Wildman–Crippen MR) is 136 cm³/mol. The number of hydrogen-bond donors (Lipinski definition) is 2. The number of aliphatic imine (C=N–C) groups is 1. The number of para-hydroxylation sites is 1. The van der Waals surface area contributed by atoms with E-state index in [1.807, 2.05) is 12.3 Å². The molecular formula is C23H38IN5. The molecule has 1 aromatic carbocycles. The van der Waals surface area contributed by atoms with Crippen molar-refractivity contribution in [2.24, 2.45) is 4.99 Å². The number of guanidine groups is 1. The summed E-state index contributed by atoms with van der Waals surface area (Å²) in [5.41, 5.74) is 2.34. The Morgan fingerprint density at radius 3 is 2.62 bits per heavy atom. The molecule has 0 saturated heterocycles. The van der Waals surface area contributed by atoms with Crippen molar-refractivity contribution in [1.29, 1.82) is 0 Å². The molecule has 29 heavy (non-hydrogen) atoms. The Kier molecular flexibility index (Phi) is 12.9. The summed E-state index contributed by atoms with van der Waals surface area (Å²) in [7, 11) is 0. The van der Waals surface area contributed by atoms with E-state index in [4.69, 9.17) is 4.99 Å². The maximum Gasteiger partial charge on any atom is 0.191 e. The highest BCUT2D eigenvalue weighted by Crippen LogP contribution is 2.16. The zero-order chi connectivity index (χ0) is 20.2. The third kappa shape index (κ3) is 8.86. The van der Waals surface area contributed by atoms with Crippen LogP contribution in [-0.2, 0) is 6.42 Å². The van der Waals surface area contributed by atoms with Gasteiger partial charge in [-0.25, -0.2) is 0 Å². The van der Waals surface area contributed by atoms with Gasteiger partial charge in [0.1, 0.15) is 0 Å². The summed E-state index contributed by atoms with van der Waals surface area (Å²) in [6, 6.07) is 10.9. The number of benzene rings is 1. The lowest BCUT2D eigenvalue weighted by Gasteiger charge is -2.21. The van der Waals surface area contributed by atoms with Gasteiger partial charge in [0.15, 0.2) is 5.96 Å². The quantitative estimate of drug-likeness (QED) is 0.266. The molecule has 162 valence electrons. The van der Waals surface area contributed by atoms with Gasteiger partial charge in [0, 0.05) is 30.7 Å². The molecule has 0 amide bonds. The van der Waals surface area contributed by atoms with Gasteiger partial charge in [-0.1, -0.05) is 38.1 Å². The number of halogens is 1. The molecule has 1 heterocycles. The Balaban J connectivity index is 0.00000420. The molecule has 0 bridgehead atoms. The molecule has 5 nitrogen and oxygen atoms in total. The van der Waals surface area contributed by atoms with E-state index in [2.05, 4.69) is 72.5 Å². The van der Waals surface area contributed by atoms with Crippen molar-refractivity contribution in [3.63, 3.8) is 0 Å². The molecule has 0 aliphatic rings. The fraction of sp³-hybridized carbons (Fsp3) is 0.565. The van der Waals surface area contributed by atoms with Crippen LogP contribution in [0.25, 0.3) is 10.9 Å². The normalized spacial score (nSPS) is 12.7. The van der Waals surface area contributed by atoms with E-state index in [9.17, 15) is 0 Å². The minimum absolute atomic E-state index is 0. The lowest BCUT2D eigenvalue weighted by Crippen LogP contribution is -2.42. The first-order valence-electron chi connectivity index (χ1n) is 10.8. The molecule has 2 aromatic rings. The van der Waals surface area contributed by atoms with Crippen LogP contribution in [0.15, 0.2) is 41.5 Å². The summed E-state index contributed by atoms with van der Waals surface area (Å²) in [5.74, 6) is 0.908. The average Bonchev–Trinajstić information content (AvgIpc) is 2.71. The highest BCUT2D eigenvalue weighted by Gasteiger charge is 2.07. The largest absolute Gasteiger partial charge is 0.357 e. The van der Waals surface area contributed by atoms with Gasteiger partial charge in [-0.2, -0.15) is 0 Å². The second-order valence-corrected chi connectivity index (χ2v) is 7.22. The molecule has 6 heteroatoms. The summed E-state index contributed by atoms with van der Waals surface area (Å²) in [5, 5.41) is 8.12. The smallest absolute Gasteiger partial charge is 0.191 e. The van der Waals surface area contributed by atoms with Crippen molar-refractivity contribution in [3.8, 4) is 0 Å². The second-order valence-electron chi connectivity index (χ2n) is 7.22. The van der Waals surface area contributed by atoms with Crippen LogP contribution in [0.5, 0.6) is 0 Å². The molecule has 2 N–H and O–H groups in total. The minimum Gasteiger partial charge on any atom is -0.357 e. The van der Waals surface area contributed by atoms with Crippen molar-refractivity contribution in [2.75, 3.05) is 32.7 Å². The van der Waals surface area contributed by atoms with Gasteiger partial charge in [-0.05, 0) is 64.4 Å². The predicted octanol–water partition coefficient (Wildman–Crippen LogP) is 4.46.